The number of sulfonamides is 1. The second-order valence-corrected chi connectivity index (χ2v) is 9.34. The highest BCUT2D eigenvalue weighted by Crippen LogP contribution is 2.23. The van der Waals surface area contributed by atoms with E-state index in [0.29, 0.717) is 37.6 Å². The van der Waals surface area contributed by atoms with Crippen LogP contribution in [0.2, 0.25) is 0 Å². The Morgan fingerprint density at radius 3 is 2.56 bits per heavy atom. The molecule has 2 aromatic heterocycles. The third-order valence-corrected chi connectivity index (χ3v) is 7.19. The zero-order chi connectivity index (χ0) is 18.9. The smallest absolute Gasteiger partial charge is 0.221 e. The Labute approximate surface area is 162 Å². The van der Waals surface area contributed by atoms with Gasteiger partial charge < -0.3 is 9.42 Å². The van der Waals surface area contributed by atoms with Gasteiger partial charge in [-0.15, -0.1) is 11.3 Å². The average molecular weight is 405 g/mol. The maximum atomic E-state index is 12.7. The van der Waals surface area contributed by atoms with Gasteiger partial charge in [-0.1, -0.05) is 35.0 Å². The molecule has 3 heterocycles. The molecule has 1 saturated heterocycles. The van der Waals surface area contributed by atoms with Crippen molar-refractivity contribution >= 4 is 26.5 Å². The monoisotopic (exact) mass is 404 g/mol. The molecule has 0 saturated carbocycles. The van der Waals surface area contributed by atoms with E-state index in [1.807, 2.05) is 36.6 Å². The molecule has 0 unspecified atom stereocenters. The number of benzene rings is 1. The van der Waals surface area contributed by atoms with Crippen molar-refractivity contribution in [2.24, 2.45) is 0 Å². The Hall–Kier alpha value is -2.23. The van der Waals surface area contributed by atoms with E-state index in [2.05, 4.69) is 15.0 Å². The first kappa shape index (κ1) is 18.1. The molecular weight excluding hydrogens is 384 g/mol. The Morgan fingerprint density at radius 2 is 1.89 bits per heavy atom. The van der Waals surface area contributed by atoms with Crippen molar-refractivity contribution < 1.29 is 12.9 Å². The predicted molar refractivity (Wildman–Crippen MR) is 105 cm³/mol. The summed E-state index contributed by atoms with van der Waals surface area (Å²) in [6.45, 7) is 4.18. The van der Waals surface area contributed by atoms with E-state index in [1.165, 1.54) is 4.31 Å². The van der Waals surface area contributed by atoms with E-state index >= 15 is 0 Å². The van der Waals surface area contributed by atoms with Gasteiger partial charge in [-0.25, -0.2) is 13.4 Å². The molecular formula is C18H20N4O3S2. The second-order valence-electron chi connectivity index (χ2n) is 6.50. The van der Waals surface area contributed by atoms with Crippen molar-refractivity contribution in [2.75, 3.05) is 31.1 Å². The third kappa shape index (κ3) is 4.05. The molecule has 1 aromatic carbocycles. The quantitative estimate of drug-likeness (QED) is 0.651. The zero-order valence-electron chi connectivity index (χ0n) is 14.9. The molecule has 0 radical (unpaired) electrons. The lowest BCUT2D eigenvalue weighted by Gasteiger charge is -2.33. The minimum absolute atomic E-state index is 0.177. The summed E-state index contributed by atoms with van der Waals surface area (Å²) >= 11 is 1.57. The molecule has 0 atom stereocenters. The SMILES string of the molecule is Cc1ccc(-c2cc(CS(=O)(=O)N3CCN(c4nccs4)CC3)on2)cc1. The molecule has 1 fully saturated rings. The third-order valence-electron chi connectivity index (χ3n) is 4.55. The number of hydrogen-bond acceptors (Lipinski definition) is 7. The molecule has 1 aliphatic rings. The summed E-state index contributed by atoms with van der Waals surface area (Å²) in [6, 6.07) is 9.57. The van der Waals surface area contributed by atoms with Crippen LogP contribution in [-0.2, 0) is 15.8 Å². The van der Waals surface area contributed by atoms with Gasteiger partial charge in [-0.05, 0) is 6.92 Å². The summed E-state index contributed by atoms with van der Waals surface area (Å²) in [4.78, 5) is 6.40. The number of aromatic nitrogens is 2. The van der Waals surface area contributed by atoms with Crippen molar-refractivity contribution in [1.82, 2.24) is 14.4 Å². The standard InChI is InChI=1S/C18H20N4O3S2/c1-14-2-4-15(5-3-14)17-12-16(25-20-17)13-27(23,24)22-9-7-21(8-10-22)18-19-6-11-26-18/h2-6,11-12H,7-10,13H2,1H3. The maximum absolute atomic E-state index is 12.7. The molecule has 3 aromatic rings. The summed E-state index contributed by atoms with van der Waals surface area (Å²) < 4.78 is 32.3. The first-order valence-electron chi connectivity index (χ1n) is 8.66. The number of nitrogens with zero attached hydrogens (tertiary/aromatic N) is 4. The van der Waals surface area contributed by atoms with E-state index in [9.17, 15) is 8.42 Å². The second kappa shape index (κ2) is 7.41. The van der Waals surface area contributed by atoms with E-state index < -0.39 is 10.0 Å². The van der Waals surface area contributed by atoms with Crippen LogP contribution in [0.1, 0.15) is 11.3 Å². The van der Waals surface area contributed by atoms with Crippen LogP contribution in [0.4, 0.5) is 5.13 Å². The molecule has 0 amide bonds. The van der Waals surface area contributed by atoms with Crippen LogP contribution < -0.4 is 4.90 Å². The van der Waals surface area contributed by atoms with Crippen molar-refractivity contribution in [3.8, 4) is 11.3 Å². The van der Waals surface area contributed by atoms with Gasteiger partial charge in [0.1, 0.15) is 11.4 Å². The van der Waals surface area contributed by atoms with E-state index in [0.717, 1.165) is 16.3 Å². The van der Waals surface area contributed by atoms with E-state index in [1.54, 1.807) is 23.6 Å². The fourth-order valence-electron chi connectivity index (χ4n) is 3.04. The van der Waals surface area contributed by atoms with Crippen molar-refractivity contribution in [1.29, 1.82) is 0 Å². The van der Waals surface area contributed by atoms with Gasteiger partial charge in [-0.3, -0.25) is 0 Å². The highest BCUT2D eigenvalue weighted by atomic mass is 32.2. The Kier molecular flexibility index (Phi) is 4.98. The van der Waals surface area contributed by atoms with Gasteiger partial charge in [0, 0.05) is 49.4 Å². The number of rotatable bonds is 5. The van der Waals surface area contributed by atoms with Crippen LogP contribution in [0.5, 0.6) is 0 Å². The highest BCUT2D eigenvalue weighted by Gasteiger charge is 2.29. The average Bonchev–Trinajstić information content (AvgIpc) is 3.34. The summed E-state index contributed by atoms with van der Waals surface area (Å²) in [6.07, 6.45) is 1.76. The Balaban J connectivity index is 1.41. The molecule has 27 heavy (non-hydrogen) atoms. The fourth-order valence-corrected chi connectivity index (χ4v) is 5.14. The van der Waals surface area contributed by atoms with Crippen LogP contribution >= 0.6 is 11.3 Å². The summed E-state index contributed by atoms with van der Waals surface area (Å²) in [5.74, 6) is 0.177. The van der Waals surface area contributed by atoms with Crippen LogP contribution in [0.25, 0.3) is 11.3 Å². The van der Waals surface area contributed by atoms with Gasteiger partial charge in [-0.2, -0.15) is 4.31 Å². The molecule has 0 spiro atoms. The summed E-state index contributed by atoms with van der Waals surface area (Å²) in [5.41, 5.74) is 2.71. The topological polar surface area (TPSA) is 79.5 Å². The minimum atomic E-state index is -3.45. The van der Waals surface area contributed by atoms with E-state index in [4.69, 9.17) is 4.52 Å². The summed E-state index contributed by atoms with van der Waals surface area (Å²) in [7, 11) is -3.45. The van der Waals surface area contributed by atoms with Gasteiger partial charge in [0.2, 0.25) is 10.0 Å². The zero-order valence-corrected chi connectivity index (χ0v) is 16.5. The van der Waals surface area contributed by atoms with Crippen molar-refractivity contribution in [2.45, 2.75) is 12.7 Å². The Morgan fingerprint density at radius 1 is 1.15 bits per heavy atom. The maximum Gasteiger partial charge on any atom is 0.221 e. The lowest BCUT2D eigenvalue weighted by Crippen LogP contribution is -2.49. The van der Waals surface area contributed by atoms with E-state index in [-0.39, 0.29) is 5.75 Å². The number of thiazole rings is 1. The molecule has 142 valence electrons. The molecule has 0 N–H and O–H groups in total. The lowest BCUT2D eigenvalue weighted by atomic mass is 10.1. The molecule has 0 bridgehead atoms. The normalized spacial score (nSPS) is 16.0. The highest BCUT2D eigenvalue weighted by molar-refractivity contribution is 7.88. The first-order chi connectivity index (χ1) is 13.0. The molecule has 7 nitrogen and oxygen atoms in total. The van der Waals surface area contributed by atoms with Gasteiger partial charge in [0.25, 0.3) is 0 Å². The molecule has 9 heteroatoms. The van der Waals surface area contributed by atoms with Crippen molar-refractivity contribution in [3.05, 3.63) is 53.2 Å². The first-order valence-corrected chi connectivity index (χ1v) is 11.1. The summed E-state index contributed by atoms with van der Waals surface area (Å²) in [5, 5.41) is 6.88. The van der Waals surface area contributed by atoms with Crippen LogP contribution in [-0.4, -0.2) is 49.0 Å². The van der Waals surface area contributed by atoms with Crippen molar-refractivity contribution in [3.63, 3.8) is 0 Å². The fraction of sp³-hybridized carbons (Fsp3) is 0.333. The van der Waals surface area contributed by atoms with Gasteiger partial charge >= 0.3 is 0 Å². The molecule has 0 aliphatic carbocycles. The molecule has 1 aliphatic heterocycles. The minimum Gasteiger partial charge on any atom is -0.360 e. The van der Waals surface area contributed by atoms with Crippen LogP contribution in [0, 0.1) is 6.92 Å². The number of piperazine rings is 1. The van der Waals surface area contributed by atoms with Crippen LogP contribution in [0.3, 0.4) is 0 Å². The lowest BCUT2D eigenvalue weighted by molar-refractivity contribution is 0.370. The van der Waals surface area contributed by atoms with Gasteiger partial charge in [0.05, 0.1) is 0 Å². The molecule has 4 rings (SSSR count). The Bertz CT molecular complexity index is 990. The number of hydrogen-bond donors (Lipinski definition) is 0. The number of anilines is 1. The van der Waals surface area contributed by atoms with Gasteiger partial charge in [0.15, 0.2) is 10.9 Å². The predicted octanol–water partition coefficient (Wildman–Crippen LogP) is 2.76. The van der Waals surface area contributed by atoms with Crippen LogP contribution in [0.15, 0.2) is 46.4 Å². The number of aryl methyl sites for hydroxylation is 1. The largest absolute Gasteiger partial charge is 0.360 e.